The zero-order chi connectivity index (χ0) is 15.5. The molecule has 0 aliphatic carbocycles. The first kappa shape index (κ1) is 14.6. The van der Waals surface area contributed by atoms with Gasteiger partial charge in [0.1, 0.15) is 30.2 Å². The van der Waals surface area contributed by atoms with Gasteiger partial charge in [0.25, 0.3) is 0 Å². The highest BCUT2D eigenvalue weighted by atomic mass is 32.2. The molecule has 0 saturated heterocycles. The monoisotopic (exact) mass is 307 g/mol. The van der Waals surface area contributed by atoms with E-state index in [1.807, 2.05) is 0 Å². The molecule has 1 aliphatic rings. The molecule has 0 spiro atoms. The molecule has 9 nitrogen and oxygen atoms in total. The number of anilines is 1. The molecule has 1 aliphatic heterocycles. The molecule has 1 heterocycles. The Bertz CT molecular complexity index is 772. The Balaban J connectivity index is 2.51. The molecule has 10 heteroatoms. The summed E-state index contributed by atoms with van der Waals surface area (Å²) < 4.78 is 33.8. The number of hydrogen-bond acceptors (Lipinski definition) is 8. The Morgan fingerprint density at radius 3 is 2.33 bits per heavy atom. The summed E-state index contributed by atoms with van der Waals surface area (Å²) in [6.07, 6.45) is 0. The van der Waals surface area contributed by atoms with Crippen molar-refractivity contribution in [2.24, 2.45) is 10.2 Å². The lowest BCUT2D eigenvalue weighted by molar-refractivity contribution is 0.171. The van der Waals surface area contributed by atoms with Crippen molar-refractivity contribution < 1.29 is 17.9 Å². The fourth-order valence-electron chi connectivity index (χ4n) is 1.58. The number of rotatable bonds is 3. The van der Waals surface area contributed by atoms with Crippen molar-refractivity contribution in [2.45, 2.75) is 4.90 Å². The number of nitriles is 2. The van der Waals surface area contributed by atoms with Crippen LogP contribution in [0.25, 0.3) is 0 Å². The van der Waals surface area contributed by atoms with Gasteiger partial charge in [-0.05, 0) is 0 Å². The maximum absolute atomic E-state index is 11.6. The standard InChI is InChI=1S/C11H9N5O4S/c12-5-7(6-13)15-16-8-3-9-10(20-2-1-19-9)4-11(8)21(14,17)18/h3-4,16H,1-2H2,(H2,14,17,18). The first-order chi connectivity index (χ1) is 9.95. The van der Waals surface area contributed by atoms with Crippen LogP contribution in [0.5, 0.6) is 11.5 Å². The number of ether oxygens (including phenoxy) is 2. The Kier molecular flexibility index (Phi) is 3.93. The first-order valence-electron chi connectivity index (χ1n) is 5.56. The highest BCUT2D eigenvalue weighted by Crippen LogP contribution is 2.37. The molecule has 0 aromatic heterocycles. The number of benzene rings is 1. The van der Waals surface area contributed by atoms with Crippen LogP contribution in [-0.4, -0.2) is 27.3 Å². The van der Waals surface area contributed by atoms with Crippen molar-refractivity contribution in [3.05, 3.63) is 12.1 Å². The Morgan fingerprint density at radius 2 is 1.81 bits per heavy atom. The second-order valence-electron chi connectivity index (χ2n) is 3.83. The van der Waals surface area contributed by atoms with E-state index in [9.17, 15) is 8.42 Å². The van der Waals surface area contributed by atoms with Crippen LogP contribution in [0.2, 0.25) is 0 Å². The van der Waals surface area contributed by atoms with Crippen LogP contribution in [-0.2, 0) is 10.0 Å². The minimum atomic E-state index is -4.06. The summed E-state index contributed by atoms with van der Waals surface area (Å²) >= 11 is 0. The predicted molar refractivity (Wildman–Crippen MR) is 71.1 cm³/mol. The van der Waals surface area contributed by atoms with Gasteiger partial charge in [0.05, 0.1) is 5.69 Å². The lowest BCUT2D eigenvalue weighted by Crippen LogP contribution is -2.18. The maximum atomic E-state index is 11.6. The van der Waals surface area contributed by atoms with E-state index in [0.29, 0.717) is 12.4 Å². The molecule has 0 saturated carbocycles. The lowest BCUT2D eigenvalue weighted by atomic mass is 10.2. The van der Waals surface area contributed by atoms with Crippen molar-refractivity contribution >= 4 is 21.4 Å². The second kappa shape index (κ2) is 5.66. The molecular formula is C11H9N5O4S. The Labute approximate surface area is 120 Å². The molecule has 2 rings (SSSR count). The zero-order valence-corrected chi connectivity index (χ0v) is 11.3. The number of sulfonamides is 1. The quantitative estimate of drug-likeness (QED) is 0.585. The van der Waals surface area contributed by atoms with Crippen molar-refractivity contribution in [1.29, 1.82) is 10.5 Å². The number of hydrogen-bond donors (Lipinski definition) is 2. The molecule has 0 bridgehead atoms. The average Bonchev–Trinajstić information content (AvgIpc) is 2.46. The number of fused-ring (bicyclic) bond motifs is 1. The third-order valence-corrected chi connectivity index (χ3v) is 3.40. The highest BCUT2D eigenvalue weighted by Gasteiger charge is 2.21. The van der Waals surface area contributed by atoms with Gasteiger partial charge in [-0.15, -0.1) is 0 Å². The second-order valence-corrected chi connectivity index (χ2v) is 5.36. The van der Waals surface area contributed by atoms with Crippen molar-refractivity contribution in [3.63, 3.8) is 0 Å². The minimum absolute atomic E-state index is 0.0234. The first-order valence-corrected chi connectivity index (χ1v) is 7.10. The van der Waals surface area contributed by atoms with E-state index < -0.39 is 15.7 Å². The molecule has 1 aromatic carbocycles. The van der Waals surface area contributed by atoms with E-state index in [-0.39, 0.29) is 22.9 Å². The summed E-state index contributed by atoms with van der Waals surface area (Å²) in [7, 11) is -4.06. The summed E-state index contributed by atoms with van der Waals surface area (Å²) in [5, 5.41) is 25.8. The van der Waals surface area contributed by atoms with E-state index >= 15 is 0 Å². The summed E-state index contributed by atoms with van der Waals surface area (Å²) in [6.45, 7) is 0.598. The molecule has 0 radical (unpaired) electrons. The molecule has 1 aromatic rings. The van der Waals surface area contributed by atoms with Crippen LogP contribution in [0.4, 0.5) is 5.69 Å². The van der Waals surface area contributed by atoms with E-state index in [1.54, 1.807) is 0 Å². The van der Waals surface area contributed by atoms with Crippen LogP contribution < -0.4 is 20.0 Å². The van der Waals surface area contributed by atoms with Crippen LogP contribution in [0.3, 0.4) is 0 Å². The van der Waals surface area contributed by atoms with Gasteiger partial charge in [-0.3, -0.25) is 5.43 Å². The molecule has 0 amide bonds. The Morgan fingerprint density at radius 1 is 1.24 bits per heavy atom. The average molecular weight is 307 g/mol. The van der Waals surface area contributed by atoms with E-state index in [0.717, 1.165) is 0 Å². The fraction of sp³-hybridized carbons (Fsp3) is 0.182. The minimum Gasteiger partial charge on any atom is -0.486 e. The number of nitrogens with two attached hydrogens (primary N) is 1. The van der Waals surface area contributed by atoms with Gasteiger partial charge in [-0.25, -0.2) is 13.6 Å². The van der Waals surface area contributed by atoms with Gasteiger partial charge in [-0.2, -0.15) is 15.6 Å². The summed E-state index contributed by atoms with van der Waals surface area (Å²) in [6, 6.07) is 5.58. The number of nitrogens with one attached hydrogen (secondary N) is 1. The SMILES string of the molecule is N#CC(C#N)=NNc1cc2c(cc1S(N)(=O)=O)OCCO2. The van der Waals surface area contributed by atoms with Crippen LogP contribution in [0.15, 0.2) is 22.1 Å². The van der Waals surface area contributed by atoms with Gasteiger partial charge in [0.15, 0.2) is 11.5 Å². The smallest absolute Gasteiger partial charge is 0.240 e. The van der Waals surface area contributed by atoms with Crippen LogP contribution in [0, 0.1) is 22.7 Å². The molecule has 0 fully saturated rings. The van der Waals surface area contributed by atoms with Gasteiger partial charge >= 0.3 is 0 Å². The summed E-state index contributed by atoms with van der Waals surface area (Å²) in [5.74, 6) is 0.544. The van der Waals surface area contributed by atoms with Gasteiger partial charge < -0.3 is 9.47 Å². The summed E-state index contributed by atoms with van der Waals surface area (Å²) in [4.78, 5) is -0.286. The topological polar surface area (TPSA) is 151 Å². The normalized spacial score (nSPS) is 12.7. The zero-order valence-electron chi connectivity index (χ0n) is 10.5. The fourth-order valence-corrected chi connectivity index (χ4v) is 2.27. The number of primary sulfonamides is 1. The number of nitrogens with zero attached hydrogens (tertiary/aromatic N) is 3. The number of hydrazone groups is 1. The lowest BCUT2D eigenvalue weighted by Gasteiger charge is -2.20. The summed E-state index contributed by atoms with van der Waals surface area (Å²) in [5.41, 5.74) is 1.83. The van der Waals surface area contributed by atoms with E-state index in [1.165, 1.54) is 24.3 Å². The molecule has 0 atom stereocenters. The predicted octanol–water partition coefficient (Wildman–Crippen LogP) is -0.0797. The van der Waals surface area contributed by atoms with Gasteiger partial charge in [-0.1, -0.05) is 0 Å². The van der Waals surface area contributed by atoms with Crippen molar-refractivity contribution in [2.75, 3.05) is 18.6 Å². The third kappa shape index (κ3) is 3.20. The maximum Gasteiger partial charge on any atom is 0.240 e. The van der Waals surface area contributed by atoms with Crippen molar-refractivity contribution in [1.82, 2.24) is 0 Å². The largest absolute Gasteiger partial charge is 0.486 e. The Hall–Kier alpha value is -2.82. The van der Waals surface area contributed by atoms with Crippen LogP contribution in [0.1, 0.15) is 0 Å². The van der Waals surface area contributed by atoms with E-state index in [4.69, 9.17) is 25.1 Å². The van der Waals surface area contributed by atoms with Crippen molar-refractivity contribution in [3.8, 4) is 23.6 Å². The molecular weight excluding hydrogens is 298 g/mol. The molecule has 0 unspecified atom stereocenters. The van der Waals surface area contributed by atoms with Crippen LogP contribution >= 0.6 is 0 Å². The molecule has 3 N–H and O–H groups in total. The third-order valence-electron chi connectivity index (χ3n) is 2.45. The van der Waals surface area contributed by atoms with E-state index in [2.05, 4.69) is 10.5 Å². The highest BCUT2D eigenvalue weighted by molar-refractivity contribution is 7.89. The molecule has 21 heavy (non-hydrogen) atoms. The molecule has 108 valence electrons. The van der Waals surface area contributed by atoms with Gasteiger partial charge in [0.2, 0.25) is 15.7 Å². The van der Waals surface area contributed by atoms with Gasteiger partial charge in [0, 0.05) is 12.1 Å².